The number of aryl methyl sites for hydroxylation is 1. The van der Waals surface area contributed by atoms with E-state index in [1.807, 2.05) is 0 Å². The lowest BCUT2D eigenvalue weighted by Gasteiger charge is -2.17. The number of esters is 1. The summed E-state index contributed by atoms with van der Waals surface area (Å²) in [4.78, 5) is 26.8. The summed E-state index contributed by atoms with van der Waals surface area (Å²) in [5.41, 5.74) is 0.743. The number of ether oxygens (including phenoxy) is 1. The summed E-state index contributed by atoms with van der Waals surface area (Å²) in [6, 6.07) is 2.89. The van der Waals surface area contributed by atoms with Gasteiger partial charge in [0.2, 0.25) is 0 Å². The van der Waals surface area contributed by atoms with Crippen LogP contribution in [-0.2, 0) is 9.53 Å². The number of aromatic amines is 1. The van der Waals surface area contributed by atoms with Gasteiger partial charge in [0.15, 0.2) is 6.04 Å². The molecule has 1 aromatic heterocycles. The third-order valence-electron chi connectivity index (χ3n) is 3.18. The minimum atomic E-state index is -1.37. The van der Waals surface area contributed by atoms with Crippen molar-refractivity contribution in [3.63, 3.8) is 0 Å². The van der Waals surface area contributed by atoms with Crippen molar-refractivity contribution >= 4 is 11.9 Å². The van der Waals surface area contributed by atoms with Crippen LogP contribution in [0.15, 0.2) is 30.5 Å². The first-order valence-corrected chi connectivity index (χ1v) is 6.41. The Kier molecular flexibility index (Phi) is 4.55. The zero-order valence-corrected chi connectivity index (χ0v) is 11.9. The van der Waals surface area contributed by atoms with E-state index in [4.69, 9.17) is 0 Å². The van der Waals surface area contributed by atoms with Gasteiger partial charge < -0.3 is 15.0 Å². The molecule has 5 nitrogen and oxygen atoms in total. The van der Waals surface area contributed by atoms with Crippen molar-refractivity contribution in [2.45, 2.75) is 13.0 Å². The molecule has 7 heteroatoms. The van der Waals surface area contributed by atoms with Crippen molar-refractivity contribution in [2.24, 2.45) is 0 Å². The van der Waals surface area contributed by atoms with Gasteiger partial charge in [-0.3, -0.25) is 4.79 Å². The lowest BCUT2D eigenvalue weighted by Crippen LogP contribution is -2.35. The van der Waals surface area contributed by atoms with Gasteiger partial charge in [-0.2, -0.15) is 0 Å². The maximum absolute atomic E-state index is 13.9. The minimum absolute atomic E-state index is 0.171. The van der Waals surface area contributed by atoms with Crippen LogP contribution in [0.25, 0.3) is 0 Å². The smallest absolute Gasteiger partial charge is 0.333 e. The number of rotatable bonds is 4. The molecule has 2 rings (SSSR count). The highest BCUT2D eigenvalue weighted by Gasteiger charge is 2.27. The van der Waals surface area contributed by atoms with Crippen LogP contribution in [0, 0.1) is 18.6 Å². The highest BCUT2D eigenvalue weighted by atomic mass is 19.1. The van der Waals surface area contributed by atoms with E-state index in [0.717, 1.165) is 19.2 Å². The molecule has 0 aliphatic heterocycles. The van der Waals surface area contributed by atoms with Crippen LogP contribution in [0.5, 0.6) is 0 Å². The van der Waals surface area contributed by atoms with Gasteiger partial charge in [-0.15, -0.1) is 0 Å². The molecule has 0 spiro atoms. The Morgan fingerprint density at radius 1 is 1.27 bits per heavy atom. The second kappa shape index (κ2) is 6.38. The van der Waals surface area contributed by atoms with Crippen molar-refractivity contribution in [3.05, 3.63) is 58.9 Å². The van der Waals surface area contributed by atoms with E-state index in [1.54, 1.807) is 13.1 Å². The van der Waals surface area contributed by atoms with Gasteiger partial charge in [0, 0.05) is 23.5 Å². The van der Waals surface area contributed by atoms with E-state index in [2.05, 4.69) is 15.0 Å². The number of amides is 1. The molecule has 116 valence electrons. The molecule has 22 heavy (non-hydrogen) atoms. The highest BCUT2D eigenvalue weighted by molar-refractivity contribution is 5.98. The summed E-state index contributed by atoms with van der Waals surface area (Å²) in [6.07, 6.45) is 1.57. The summed E-state index contributed by atoms with van der Waals surface area (Å²) >= 11 is 0. The Labute approximate surface area is 125 Å². The van der Waals surface area contributed by atoms with Crippen molar-refractivity contribution in [3.8, 4) is 0 Å². The van der Waals surface area contributed by atoms with Gasteiger partial charge in [0.1, 0.15) is 11.6 Å². The third kappa shape index (κ3) is 3.13. The summed E-state index contributed by atoms with van der Waals surface area (Å²) in [5.74, 6) is -3.15. The van der Waals surface area contributed by atoms with Gasteiger partial charge in [0.25, 0.3) is 5.91 Å². The summed E-state index contributed by atoms with van der Waals surface area (Å²) in [5, 5.41) is 2.39. The maximum Gasteiger partial charge on any atom is 0.333 e. The van der Waals surface area contributed by atoms with E-state index in [0.29, 0.717) is 17.3 Å². The summed E-state index contributed by atoms with van der Waals surface area (Å²) in [7, 11) is 1.12. The Balaban J connectivity index is 2.33. The minimum Gasteiger partial charge on any atom is -0.467 e. The molecule has 0 aliphatic rings. The van der Waals surface area contributed by atoms with Crippen LogP contribution in [0.4, 0.5) is 8.78 Å². The first kappa shape index (κ1) is 15.7. The Bertz CT molecular complexity index is 713. The molecule has 0 radical (unpaired) electrons. The first-order chi connectivity index (χ1) is 10.4. The number of aromatic nitrogens is 1. The molecule has 1 heterocycles. The van der Waals surface area contributed by atoms with Crippen LogP contribution in [-0.4, -0.2) is 24.0 Å². The zero-order valence-electron chi connectivity index (χ0n) is 11.9. The summed E-state index contributed by atoms with van der Waals surface area (Å²) in [6.45, 7) is 1.68. The van der Waals surface area contributed by atoms with Crippen molar-refractivity contribution in [2.75, 3.05) is 7.11 Å². The molecular weight excluding hydrogens is 294 g/mol. The van der Waals surface area contributed by atoms with Crippen LogP contribution in [0.3, 0.4) is 0 Å². The molecule has 1 atom stereocenters. The molecule has 2 aromatic rings. The maximum atomic E-state index is 13.9. The second-order valence-corrected chi connectivity index (χ2v) is 4.61. The van der Waals surface area contributed by atoms with E-state index < -0.39 is 29.6 Å². The van der Waals surface area contributed by atoms with E-state index in [1.165, 1.54) is 6.07 Å². The standard InChI is InChI=1S/C15H14F2N2O3/c1-8-10(5-6-18-8)14(20)19-13(15(21)22-2)11-4-3-9(16)7-12(11)17/h3-7,13,18H,1-2H3,(H,19,20)/t13-/m1/s1. The van der Waals surface area contributed by atoms with Gasteiger partial charge in [-0.05, 0) is 19.1 Å². The lowest BCUT2D eigenvalue weighted by molar-refractivity contribution is -0.143. The Hall–Kier alpha value is -2.70. The molecule has 0 aliphatic carbocycles. The normalized spacial score (nSPS) is 11.8. The number of carbonyl (C=O) groups is 2. The van der Waals surface area contributed by atoms with Crippen molar-refractivity contribution < 1.29 is 23.1 Å². The Morgan fingerprint density at radius 2 is 2.00 bits per heavy atom. The largest absolute Gasteiger partial charge is 0.467 e. The number of benzene rings is 1. The molecule has 0 bridgehead atoms. The van der Waals surface area contributed by atoms with E-state index >= 15 is 0 Å². The second-order valence-electron chi connectivity index (χ2n) is 4.61. The Morgan fingerprint density at radius 3 is 2.55 bits per heavy atom. The lowest BCUT2D eigenvalue weighted by atomic mass is 10.1. The summed E-state index contributed by atoms with van der Waals surface area (Å²) < 4.78 is 31.4. The number of nitrogens with one attached hydrogen (secondary N) is 2. The predicted molar refractivity (Wildman–Crippen MR) is 74.1 cm³/mol. The molecule has 0 saturated carbocycles. The topological polar surface area (TPSA) is 71.2 Å². The van der Waals surface area contributed by atoms with Crippen LogP contribution in [0.2, 0.25) is 0 Å². The zero-order chi connectivity index (χ0) is 16.3. The van der Waals surface area contributed by atoms with Gasteiger partial charge in [-0.1, -0.05) is 6.07 Å². The molecule has 0 saturated heterocycles. The molecule has 0 fully saturated rings. The molecular formula is C15H14F2N2O3. The van der Waals surface area contributed by atoms with Gasteiger partial charge in [0.05, 0.1) is 12.7 Å². The fourth-order valence-corrected chi connectivity index (χ4v) is 2.02. The molecule has 2 N–H and O–H groups in total. The SMILES string of the molecule is COC(=O)[C@H](NC(=O)c1cc[nH]c1C)c1ccc(F)cc1F. The number of methoxy groups -OCH3 is 1. The van der Waals surface area contributed by atoms with Gasteiger partial charge in [-0.25, -0.2) is 13.6 Å². The van der Waals surface area contributed by atoms with Crippen molar-refractivity contribution in [1.29, 1.82) is 0 Å². The van der Waals surface area contributed by atoms with Crippen LogP contribution in [0.1, 0.15) is 27.7 Å². The molecule has 0 unspecified atom stereocenters. The average molecular weight is 308 g/mol. The molecule has 1 amide bonds. The van der Waals surface area contributed by atoms with Crippen LogP contribution >= 0.6 is 0 Å². The first-order valence-electron chi connectivity index (χ1n) is 6.41. The van der Waals surface area contributed by atoms with Crippen LogP contribution < -0.4 is 5.32 Å². The fourth-order valence-electron chi connectivity index (χ4n) is 2.02. The van der Waals surface area contributed by atoms with Gasteiger partial charge >= 0.3 is 5.97 Å². The number of hydrogen-bond acceptors (Lipinski definition) is 3. The number of hydrogen-bond donors (Lipinski definition) is 2. The number of carbonyl (C=O) groups excluding carboxylic acids is 2. The monoisotopic (exact) mass is 308 g/mol. The average Bonchev–Trinajstić information content (AvgIpc) is 2.90. The predicted octanol–water partition coefficient (Wildman–Crippen LogP) is 2.25. The quantitative estimate of drug-likeness (QED) is 0.851. The number of H-pyrrole nitrogens is 1. The molecule has 1 aromatic carbocycles. The highest BCUT2D eigenvalue weighted by Crippen LogP contribution is 2.20. The number of halogens is 2. The fraction of sp³-hybridized carbons (Fsp3) is 0.200. The van der Waals surface area contributed by atoms with E-state index in [9.17, 15) is 18.4 Å². The van der Waals surface area contributed by atoms with Crippen molar-refractivity contribution in [1.82, 2.24) is 10.3 Å². The third-order valence-corrected chi connectivity index (χ3v) is 3.18. The van der Waals surface area contributed by atoms with E-state index in [-0.39, 0.29) is 5.56 Å².